The molecular weight excluding hydrogens is 340 g/mol. The summed E-state index contributed by atoms with van der Waals surface area (Å²) in [7, 11) is 4.43. The first-order valence-corrected chi connectivity index (χ1v) is 7.74. The predicted molar refractivity (Wildman–Crippen MR) is 95.2 cm³/mol. The Balaban J connectivity index is 2.34. The number of aromatic hydroxyl groups is 1. The normalized spacial score (nSPS) is 10.8. The summed E-state index contributed by atoms with van der Waals surface area (Å²) in [5, 5.41) is 20.3. The van der Waals surface area contributed by atoms with E-state index in [1.807, 2.05) is 0 Å². The zero-order valence-electron chi connectivity index (χ0n) is 14.5. The van der Waals surface area contributed by atoms with Crippen LogP contribution >= 0.6 is 0 Å². The molecule has 0 aliphatic heterocycles. The Morgan fingerprint density at radius 1 is 1.00 bits per heavy atom. The summed E-state index contributed by atoms with van der Waals surface area (Å²) in [5.74, 6) is 0.661. The van der Waals surface area contributed by atoms with Gasteiger partial charge in [-0.15, -0.1) is 0 Å². The second-order valence-corrected chi connectivity index (χ2v) is 5.49. The average Bonchev–Trinajstić information content (AvgIpc) is 2.69. The monoisotopic (exact) mass is 358 g/mol. The van der Waals surface area contributed by atoms with Crippen molar-refractivity contribution in [3.63, 3.8) is 0 Å². The van der Waals surface area contributed by atoms with E-state index in [9.17, 15) is 15.0 Å². The number of aliphatic hydroxyl groups excluding tert-OH is 1. The zero-order chi connectivity index (χ0) is 18.8. The fourth-order valence-corrected chi connectivity index (χ4v) is 2.74. The average molecular weight is 358 g/mol. The number of ether oxygens (including phenoxy) is 3. The van der Waals surface area contributed by atoms with Crippen LogP contribution in [0.15, 0.2) is 39.5 Å². The minimum atomic E-state index is -0.581. The molecule has 1 heterocycles. The number of hydrogen-bond donors (Lipinski definition) is 2. The molecule has 3 aromatic rings. The molecule has 7 nitrogen and oxygen atoms in total. The SMILES string of the molecule is COc1ccc2c(=O)c(O)c(-c3cc(OC)c(OC)cc3CO)oc2c1. The number of fused-ring (bicyclic) bond motifs is 1. The van der Waals surface area contributed by atoms with Crippen LogP contribution in [0.4, 0.5) is 0 Å². The van der Waals surface area contributed by atoms with Crippen LogP contribution in [0.3, 0.4) is 0 Å². The lowest BCUT2D eigenvalue weighted by atomic mass is 10.0. The number of methoxy groups -OCH3 is 3. The first-order valence-electron chi connectivity index (χ1n) is 7.74. The van der Waals surface area contributed by atoms with Crippen molar-refractivity contribution in [2.24, 2.45) is 0 Å². The van der Waals surface area contributed by atoms with Crippen molar-refractivity contribution in [2.45, 2.75) is 6.61 Å². The van der Waals surface area contributed by atoms with Crippen molar-refractivity contribution < 1.29 is 28.8 Å². The van der Waals surface area contributed by atoms with Gasteiger partial charge in [0, 0.05) is 11.6 Å². The number of aliphatic hydroxyl groups is 1. The highest BCUT2D eigenvalue weighted by Gasteiger charge is 2.21. The van der Waals surface area contributed by atoms with Gasteiger partial charge in [-0.05, 0) is 29.8 Å². The summed E-state index contributed by atoms with van der Waals surface area (Å²) in [6.45, 7) is -0.352. The topological polar surface area (TPSA) is 98.4 Å². The maximum absolute atomic E-state index is 12.5. The van der Waals surface area contributed by atoms with E-state index in [0.29, 0.717) is 28.4 Å². The summed E-state index contributed by atoms with van der Waals surface area (Å²) < 4.78 is 21.4. The van der Waals surface area contributed by atoms with Crippen LogP contribution in [-0.2, 0) is 6.61 Å². The summed E-state index contributed by atoms with van der Waals surface area (Å²) in [6, 6.07) is 7.77. The maximum Gasteiger partial charge on any atom is 0.235 e. The van der Waals surface area contributed by atoms with Crippen molar-refractivity contribution in [3.05, 3.63) is 46.1 Å². The summed E-state index contributed by atoms with van der Waals surface area (Å²) in [5.41, 5.74) is 0.399. The highest BCUT2D eigenvalue weighted by molar-refractivity contribution is 5.84. The molecule has 0 spiro atoms. The Morgan fingerprint density at radius 2 is 1.69 bits per heavy atom. The molecule has 7 heteroatoms. The van der Waals surface area contributed by atoms with Crippen molar-refractivity contribution in [1.82, 2.24) is 0 Å². The fourth-order valence-electron chi connectivity index (χ4n) is 2.74. The highest BCUT2D eigenvalue weighted by atomic mass is 16.5. The van der Waals surface area contributed by atoms with E-state index >= 15 is 0 Å². The van der Waals surface area contributed by atoms with Crippen LogP contribution in [0.5, 0.6) is 23.0 Å². The van der Waals surface area contributed by atoms with E-state index in [-0.39, 0.29) is 23.3 Å². The maximum atomic E-state index is 12.5. The molecule has 0 bridgehead atoms. The number of hydrogen-bond acceptors (Lipinski definition) is 7. The van der Waals surface area contributed by atoms with Gasteiger partial charge in [-0.1, -0.05) is 0 Å². The lowest BCUT2D eigenvalue weighted by Crippen LogP contribution is -2.04. The van der Waals surface area contributed by atoms with Gasteiger partial charge >= 0.3 is 0 Å². The van der Waals surface area contributed by atoms with Gasteiger partial charge in [0.2, 0.25) is 11.2 Å². The lowest BCUT2D eigenvalue weighted by molar-refractivity contribution is 0.280. The molecule has 2 N–H and O–H groups in total. The third kappa shape index (κ3) is 2.82. The molecule has 0 fully saturated rings. The Hall–Kier alpha value is -3.19. The molecule has 136 valence electrons. The molecule has 26 heavy (non-hydrogen) atoms. The van der Waals surface area contributed by atoms with Crippen molar-refractivity contribution in [3.8, 4) is 34.3 Å². The smallest absolute Gasteiger partial charge is 0.235 e. The van der Waals surface area contributed by atoms with Gasteiger partial charge in [-0.25, -0.2) is 0 Å². The van der Waals surface area contributed by atoms with Crippen LogP contribution in [0.25, 0.3) is 22.3 Å². The van der Waals surface area contributed by atoms with Crippen LogP contribution < -0.4 is 19.6 Å². The van der Waals surface area contributed by atoms with Gasteiger partial charge < -0.3 is 28.8 Å². The molecular formula is C19H18O7. The van der Waals surface area contributed by atoms with E-state index in [1.165, 1.54) is 33.5 Å². The largest absolute Gasteiger partial charge is 0.502 e. The van der Waals surface area contributed by atoms with Gasteiger partial charge in [0.1, 0.15) is 11.3 Å². The Labute approximate surface area is 149 Å². The van der Waals surface area contributed by atoms with Crippen LogP contribution in [0, 0.1) is 0 Å². The Morgan fingerprint density at radius 3 is 2.31 bits per heavy atom. The van der Waals surface area contributed by atoms with Crippen molar-refractivity contribution in [1.29, 1.82) is 0 Å². The van der Waals surface area contributed by atoms with Crippen LogP contribution in [-0.4, -0.2) is 31.5 Å². The first-order chi connectivity index (χ1) is 12.5. The van der Waals surface area contributed by atoms with Crippen LogP contribution in [0.1, 0.15) is 5.56 Å². The van der Waals surface area contributed by atoms with E-state index in [0.717, 1.165) is 0 Å². The molecule has 0 saturated carbocycles. The van der Waals surface area contributed by atoms with Crippen molar-refractivity contribution in [2.75, 3.05) is 21.3 Å². The molecule has 3 rings (SSSR count). The van der Waals surface area contributed by atoms with Gasteiger partial charge in [-0.3, -0.25) is 4.79 Å². The summed E-state index contributed by atoms with van der Waals surface area (Å²) in [4.78, 5) is 12.5. The van der Waals surface area contributed by atoms with E-state index in [4.69, 9.17) is 18.6 Å². The van der Waals surface area contributed by atoms with Gasteiger partial charge in [-0.2, -0.15) is 0 Å². The highest BCUT2D eigenvalue weighted by Crippen LogP contribution is 2.39. The van der Waals surface area contributed by atoms with Gasteiger partial charge in [0.15, 0.2) is 17.3 Å². The zero-order valence-corrected chi connectivity index (χ0v) is 14.5. The van der Waals surface area contributed by atoms with E-state index in [1.54, 1.807) is 18.2 Å². The Kier molecular flexibility index (Phi) is 4.73. The molecule has 0 aliphatic carbocycles. The molecule has 0 unspecified atom stereocenters. The summed E-state index contributed by atoms with van der Waals surface area (Å²) in [6.07, 6.45) is 0. The lowest BCUT2D eigenvalue weighted by Gasteiger charge is -2.14. The standard InChI is InChI=1S/C19H18O7/c1-23-11-4-5-12-14(7-11)26-19(18(22)17(12)21)13-8-16(25-3)15(24-2)6-10(13)9-20/h4-8,20,22H,9H2,1-3H3. The molecule has 0 radical (unpaired) electrons. The molecule has 0 atom stereocenters. The van der Waals surface area contributed by atoms with E-state index in [2.05, 4.69) is 0 Å². The quantitative estimate of drug-likeness (QED) is 0.723. The van der Waals surface area contributed by atoms with E-state index < -0.39 is 11.2 Å². The van der Waals surface area contributed by atoms with Gasteiger partial charge in [0.05, 0.1) is 33.3 Å². The molecule has 0 aliphatic rings. The third-order valence-electron chi connectivity index (χ3n) is 4.10. The van der Waals surface area contributed by atoms with Gasteiger partial charge in [0.25, 0.3) is 0 Å². The molecule has 0 saturated heterocycles. The molecule has 2 aromatic carbocycles. The third-order valence-corrected chi connectivity index (χ3v) is 4.10. The van der Waals surface area contributed by atoms with Crippen LogP contribution in [0.2, 0.25) is 0 Å². The van der Waals surface area contributed by atoms with Crippen molar-refractivity contribution >= 4 is 11.0 Å². The molecule has 0 amide bonds. The Bertz CT molecular complexity index is 1020. The molecule has 1 aromatic heterocycles. The second kappa shape index (κ2) is 6.97. The number of benzene rings is 2. The predicted octanol–water partition coefficient (Wildman–Crippen LogP) is 2.68. The minimum absolute atomic E-state index is 0.0687. The first kappa shape index (κ1) is 17.6. The summed E-state index contributed by atoms with van der Waals surface area (Å²) >= 11 is 0. The fraction of sp³-hybridized carbons (Fsp3) is 0.211. The second-order valence-electron chi connectivity index (χ2n) is 5.49. The number of rotatable bonds is 5. The minimum Gasteiger partial charge on any atom is -0.502 e.